The number of thiophene rings is 1. The Morgan fingerprint density at radius 3 is 3.06 bits per heavy atom. The summed E-state index contributed by atoms with van der Waals surface area (Å²) >= 11 is 1.70. The molecule has 2 rings (SSSR count). The van der Waals surface area contributed by atoms with Gasteiger partial charge < -0.3 is 10.6 Å². The van der Waals surface area contributed by atoms with Crippen LogP contribution in [0.5, 0.6) is 0 Å². The Labute approximate surface area is 110 Å². The highest BCUT2D eigenvalue weighted by Gasteiger charge is 2.04. The number of carbonyl (C=O) groups excluding carboxylic acids is 1. The number of hydrogen-bond acceptors (Lipinski definition) is 4. The van der Waals surface area contributed by atoms with Gasteiger partial charge in [0.05, 0.1) is 0 Å². The van der Waals surface area contributed by atoms with E-state index in [0.29, 0.717) is 5.69 Å². The van der Waals surface area contributed by atoms with Gasteiger partial charge in [-0.05, 0) is 40.9 Å². The number of nitrogens with one attached hydrogen (secondary N) is 2. The predicted molar refractivity (Wildman–Crippen MR) is 74.1 cm³/mol. The lowest BCUT2D eigenvalue weighted by atomic mass is 10.2. The molecule has 0 aliphatic heterocycles. The van der Waals surface area contributed by atoms with Gasteiger partial charge in [-0.2, -0.15) is 11.3 Å². The van der Waals surface area contributed by atoms with Crippen molar-refractivity contribution in [3.8, 4) is 0 Å². The van der Waals surface area contributed by atoms with Crippen LogP contribution in [0.1, 0.15) is 16.1 Å². The molecule has 0 radical (unpaired) electrons. The minimum Gasteiger partial charge on any atom is -0.385 e. The van der Waals surface area contributed by atoms with Gasteiger partial charge in [0.15, 0.2) is 0 Å². The molecule has 2 N–H and O–H groups in total. The monoisotopic (exact) mass is 261 g/mol. The molecule has 5 heteroatoms. The largest absolute Gasteiger partial charge is 0.385 e. The summed E-state index contributed by atoms with van der Waals surface area (Å²) < 4.78 is 0. The van der Waals surface area contributed by atoms with Crippen LogP contribution in [-0.2, 0) is 6.42 Å². The summed E-state index contributed by atoms with van der Waals surface area (Å²) in [5.41, 5.74) is 2.67. The molecule has 0 spiro atoms. The lowest BCUT2D eigenvalue weighted by molar-refractivity contribution is 0.0958. The van der Waals surface area contributed by atoms with Crippen LogP contribution in [0.3, 0.4) is 0 Å². The molecule has 18 heavy (non-hydrogen) atoms. The third-order valence-electron chi connectivity index (χ3n) is 2.54. The number of amides is 1. The van der Waals surface area contributed by atoms with Gasteiger partial charge in [0.25, 0.3) is 5.91 Å². The number of carbonyl (C=O) groups is 1. The lowest BCUT2D eigenvalue weighted by Gasteiger charge is -2.06. The van der Waals surface area contributed by atoms with E-state index in [-0.39, 0.29) is 5.91 Å². The molecule has 0 bridgehead atoms. The van der Waals surface area contributed by atoms with E-state index in [2.05, 4.69) is 32.4 Å². The molecule has 0 aliphatic rings. The highest BCUT2D eigenvalue weighted by atomic mass is 32.1. The molecule has 0 unspecified atom stereocenters. The lowest BCUT2D eigenvalue weighted by Crippen LogP contribution is -2.19. The molecule has 0 aliphatic carbocycles. The van der Waals surface area contributed by atoms with Crippen LogP contribution in [0.4, 0.5) is 5.69 Å². The molecular formula is C13H15N3OS. The van der Waals surface area contributed by atoms with Crippen LogP contribution in [-0.4, -0.2) is 24.5 Å². The minimum atomic E-state index is -0.170. The van der Waals surface area contributed by atoms with Crippen molar-refractivity contribution in [2.75, 3.05) is 18.9 Å². The van der Waals surface area contributed by atoms with Gasteiger partial charge in [0.1, 0.15) is 5.69 Å². The summed E-state index contributed by atoms with van der Waals surface area (Å²) in [7, 11) is 1.60. The summed E-state index contributed by atoms with van der Waals surface area (Å²) in [6, 6.07) is 5.74. The molecule has 0 fully saturated rings. The Kier molecular flexibility index (Phi) is 4.30. The zero-order valence-corrected chi connectivity index (χ0v) is 11.0. The number of anilines is 1. The molecule has 4 nitrogen and oxygen atoms in total. The Bertz CT molecular complexity index is 511. The molecule has 2 heterocycles. The highest BCUT2D eigenvalue weighted by Crippen LogP contribution is 2.10. The third-order valence-corrected chi connectivity index (χ3v) is 3.27. The van der Waals surface area contributed by atoms with E-state index in [0.717, 1.165) is 18.7 Å². The van der Waals surface area contributed by atoms with E-state index in [4.69, 9.17) is 0 Å². The van der Waals surface area contributed by atoms with Crippen LogP contribution in [0, 0.1) is 0 Å². The number of nitrogens with zero attached hydrogens (tertiary/aromatic N) is 1. The van der Waals surface area contributed by atoms with Crippen molar-refractivity contribution in [2.24, 2.45) is 0 Å². The smallest absolute Gasteiger partial charge is 0.269 e. The third kappa shape index (κ3) is 3.30. The Morgan fingerprint density at radius 1 is 1.44 bits per heavy atom. The van der Waals surface area contributed by atoms with Crippen LogP contribution >= 0.6 is 11.3 Å². The van der Waals surface area contributed by atoms with E-state index in [1.54, 1.807) is 30.6 Å². The molecule has 2 aromatic heterocycles. The van der Waals surface area contributed by atoms with Crippen molar-refractivity contribution in [2.45, 2.75) is 6.42 Å². The van der Waals surface area contributed by atoms with Gasteiger partial charge >= 0.3 is 0 Å². The maximum absolute atomic E-state index is 11.4. The second kappa shape index (κ2) is 6.16. The summed E-state index contributed by atoms with van der Waals surface area (Å²) in [5, 5.41) is 10.1. The van der Waals surface area contributed by atoms with E-state index in [1.165, 1.54) is 5.56 Å². The fraction of sp³-hybridized carbons (Fsp3) is 0.231. The maximum atomic E-state index is 11.4. The summed E-state index contributed by atoms with van der Waals surface area (Å²) in [6.45, 7) is 0.841. The fourth-order valence-corrected chi connectivity index (χ4v) is 2.28. The van der Waals surface area contributed by atoms with E-state index < -0.39 is 0 Å². The SMILES string of the molecule is CNC(=O)c1cc(NCCc2ccsc2)ccn1. The first-order chi connectivity index (χ1) is 8.79. The Hall–Kier alpha value is -1.88. The molecule has 0 saturated heterocycles. The summed E-state index contributed by atoms with van der Waals surface area (Å²) in [4.78, 5) is 15.4. The van der Waals surface area contributed by atoms with Gasteiger partial charge in [0, 0.05) is 25.5 Å². The Balaban J connectivity index is 1.91. The molecular weight excluding hydrogens is 246 g/mol. The number of aromatic nitrogens is 1. The number of pyridine rings is 1. The molecule has 0 aromatic carbocycles. The van der Waals surface area contributed by atoms with Crippen molar-refractivity contribution in [3.05, 3.63) is 46.4 Å². The maximum Gasteiger partial charge on any atom is 0.269 e. The highest BCUT2D eigenvalue weighted by molar-refractivity contribution is 7.07. The average Bonchev–Trinajstić information content (AvgIpc) is 2.91. The molecule has 2 aromatic rings. The van der Waals surface area contributed by atoms with Gasteiger partial charge in [-0.15, -0.1) is 0 Å². The normalized spacial score (nSPS) is 10.1. The van der Waals surface area contributed by atoms with Crippen molar-refractivity contribution >= 4 is 22.9 Å². The van der Waals surface area contributed by atoms with E-state index in [9.17, 15) is 4.79 Å². The summed E-state index contributed by atoms with van der Waals surface area (Å²) in [6.07, 6.45) is 2.61. The molecule has 94 valence electrons. The minimum absolute atomic E-state index is 0.170. The zero-order valence-electron chi connectivity index (χ0n) is 10.1. The first-order valence-corrected chi connectivity index (χ1v) is 6.67. The van der Waals surface area contributed by atoms with Crippen LogP contribution < -0.4 is 10.6 Å². The average molecular weight is 261 g/mol. The molecule has 0 atom stereocenters. The van der Waals surface area contributed by atoms with Crippen molar-refractivity contribution < 1.29 is 4.79 Å². The van der Waals surface area contributed by atoms with E-state index in [1.807, 2.05) is 6.07 Å². The Morgan fingerprint density at radius 2 is 2.33 bits per heavy atom. The standard InChI is InChI=1S/C13H15N3OS/c1-14-13(17)12-8-11(3-6-16-12)15-5-2-10-4-7-18-9-10/h3-4,6-9H,2,5H2,1H3,(H,14,17)(H,15,16). The van der Waals surface area contributed by atoms with Crippen LogP contribution in [0.15, 0.2) is 35.2 Å². The van der Waals surface area contributed by atoms with Crippen LogP contribution in [0.25, 0.3) is 0 Å². The second-order valence-electron chi connectivity index (χ2n) is 3.82. The van der Waals surface area contributed by atoms with Crippen molar-refractivity contribution in [1.29, 1.82) is 0 Å². The quantitative estimate of drug-likeness (QED) is 0.867. The topological polar surface area (TPSA) is 54.0 Å². The first-order valence-electron chi connectivity index (χ1n) is 5.72. The van der Waals surface area contributed by atoms with Gasteiger partial charge in [-0.3, -0.25) is 9.78 Å². The molecule has 1 amide bonds. The van der Waals surface area contributed by atoms with Gasteiger partial charge in [-0.1, -0.05) is 0 Å². The zero-order chi connectivity index (χ0) is 12.8. The van der Waals surface area contributed by atoms with Gasteiger partial charge in [0.2, 0.25) is 0 Å². The fourth-order valence-electron chi connectivity index (χ4n) is 1.58. The van der Waals surface area contributed by atoms with Crippen molar-refractivity contribution in [1.82, 2.24) is 10.3 Å². The first kappa shape index (κ1) is 12.6. The number of rotatable bonds is 5. The van der Waals surface area contributed by atoms with Gasteiger partial charge in [-0.25, -0.2) is 0 Å². The summed E-state index contributed by atoms with van der Waals surface area (Å²) in [5.74, 6) is -0.170. The van der Waals surface area contributed by atoms with Crippen molar-refractivity contribution in [3.63, 3.8) is 0 Å². The second-order valence-corrected chi connectivity index (χ2v) is 4.60. The molecule has 0 saturated carbocycles. The van der Waals surface area contributed by atoms with Crippen LogP contribution in [0.2, 0.25) is 0 Å². The van der Waals surface area contributed by atoms with E-state index >= 15 is 0 Å². The predicted octanol–water partition coefficient (Wildman–Crippen LogP) is 2.16. The number of hydrogen-bond donors (Lipinski definition) is 2.